The second-order valence-corrected chi connectivity index (χ2v) is 7.36. The minimum atomic E-state index is -0.0818. The zero-order valence-corrected chi connectivity index (χ0v) is 15.3. The average molecular weight is 359 g/mol. The van der Waals surface area contributed by atoms with Gasteiger partial charge in [0, 0.05) is 24.0 Å². The van der Waals surface area contributed by atoms with E-state index in [-0.39, 0.29) is 12.1 Å². The first kappa shape index (κ1) is 17.8. The van der Waals surface area contributed by atoms with Crippen molar-refractivity contribution < 1.29 is 9.53 Å². The molecule has 6 heteroatoms. The molecule has 2 N–H and O–H groups in total. The second kappa shape index (κ2) is 8.87. The van der Waals surface area contributed by atoms with Crippen LogP contribution in [-0.2, 0) is 13.1 Å². The molecule has 1 aromatic carbocycles. The summed E-state index contributed by atoms with van der Waals surface area (Å²) < 4.78 is 5.29. The van der Waals surface area contributed by atoms with Crippen LogP contribution in [0.1, 0.15) is 23.3 Å². The first-order valence-electron chi connectivity index (χ1n) is 8.65. The maximum atomic E-state index is 12.1. The Hall–Kier alpha value is -2.05. The van der Waals surface area contributed by atoms with Gasteiger partial charge in [0.05, 0.1) is 13.7 Å². The largest absolute Gasteiger partial charge is 0.497 e. The number of carbonyl (C=O) groups is 1. The van der Waals surface area contributed by atoms with Crippen molar-refractivity contribution in [3.8, 4) is 5.75 Å². The Morgan fingerprint density at radius 2 is 2.28 bits per heavy atom. The molecular formula is C19H25N3O2S. The Labute approximate surface area is 153 Å². The van der Waals surface area contributed by atoms with Crippen LogP contribution in [0.3, 0.4) is 0 Å². The fraction of sp³-hybridized carbons (Fsp3) is 0.421. The maximum absolute atomic E-state index is 12.1. The van der Waals surface area contributed by atoms with Gasteiger partial charge in [0.15, 0.2) is 0 Å². The van der Waals surface area contributed by atoms with Crippen molar-refractivity contribution in [1.82, 2.24) is 15.5 Å². The Morgan fingerprint density at radius 1 is 1.36 bits per heavy atom. The number of piperidine rings is 1. The predicted octanol–water partition coefficient (Wildman–Crippen LogP) is 3.22. The fourth-order valence-electron chi connectivity index (χ4n) is 3.16. The van der Waals surface area contributed by atoms with E-state index in [0.29, 0.717) is 6.54 Å². The smallest absolute Gasteiger partial charge is 0.315 e. The zero-order chi connectivity index (χ0) is 17.5. The SMILES string of the molecule is COc1cccc(CN2CCC[C@H](NC(=O)NCc3cccs3)C2)c1. The molecule has 0 unspecified atom stereocenters. The fourth-order valence-corrected chi connectivity index (χ4v) is 3.81. The summed E-state index contributed by atoms with van der Waals surface area (Å²) in [4.78, 5) is 15.7. The Kier molecular flexibility index (Phi) is 6.30. The van der Waals surface area contributed by atoms with Gasteiger partial charge in [-0.05, 0) is 48.5 Å². The number of nitrogens with one attached hydrogen (secondary N) is 2. The summed E-state index contributed by atoms with van der Waals surface area (Å²) in [5.74, 6) is 0.886. The molecule has 1 saturated heterocycles. The van der Waals surface area contributed by atoms with Crippen LogP contribution >= 0.6 is 11.3 Å². The van der Waals surface area contributed by atoms with Crippen molar-refractivity contribution in [3.05, 3.63) is 52.2 Å². The van der Waals surface area contributed by atoms with E-state index < -0.39 is 0 Å². The van der Waals surface area contributed by atoms with Crippen LogP contribution in [0.5, 0.6) is 5.75 Å². The minimum absolute atomic E-state index is 0.0818. The van der Waals surface area contributed by atoms with Gasteiger partial charge in [-0.3, -0.25) is 4.90 Å². The number of hydrogen-bond donors (Lipinski definition) is 2. The molecule has 2 aromatic rings. The van der Waals surface area contributed by atoms with E-state index in [4.69, 9.17) is 4.74 Å². The highest BCUT2D eigenvalue weighted by Crippen LogP contribution is 2.17. The van der Waals surface area contributed by atoms with Crippen molar-refractivity contribution in [2.24, 2.45) is 0 Å². The second-order valence-electron chi connectivity index (χ2n) is 6.33. The molecule has 1 aromatic heterocycles. The van der Waals surface area contributed by atoms with Crippen LogP contribution in [0, 0.1) is 0 Å². The normalized spacial score (nSPS) is 17.9. The number of hydrogen-bond acceptors (Lipinski definition) is 4. The standard InChI is InChI=1S/C19H25N3O2S/c1-24-17-7-2-5-15(11-17)13-22-9-3-6-16(14-22)21-19(23)20-12-18-8-4-10-25-18/h2,4-5,7-8,10-11,16H,3,6,9,12-14H2,1H3,(H2,20,21,23)/t16-/m0/s1. The third kappa shape index (κ3) is 5.47. The number of rotatable bonds is 6. The first-order chi connectivity index (χ1) is 12.2. The molecule has 5 nitrogen and oxygen atoms in total. The van der Waals surface area contributed by atoms with Crippen LogP contribution in [-0.4, -0.2) is 37.2 Å². The third-order valence-electron chi connectivity index (χ3n) is 4.38. The number of ether oxygens (including phenoxy) is 1. The molecule has 1 aliphatic rings. The molecule has 0 radical (unpaired) electrons. The number of likely N-dealkylation sites (tertiary alicyclic amines) is 1. The summed E-state index contributed by atoms with van der Waals surface area (Å²) in [5.41, 5.74) is 1.24. The molecule has 2 heterocycles. The van der Waals surface area contributed by atoms with E-state index in [1.54, 1.807) is 18.4 Å². The molecule has 0 bridgehead atoms. The lowest BCUT2D eigenvalue weighted by atomic mass is 10.0. The van der Waals surface area contributed by atoms with E-state index in [2.05, 4.69) is 27.7 Å². The number of thiophene rings is 1. The summed E-state index contributed by atoms with van der Waals surface area (Å²) >= 11 is 1.65. The van der Waals surface area contributed by atoms with Crippen LogP contribution in [0.2, 0.25) is 0 Å². The highest BCUT2D eigenvalue weighted by molar-refractivity contribution is 7.09. The molecule has 2 amide bonds. The number of benzene rings is 1. The van der Waals surface area contributed by atoms with E-state index >= 15 is 0 Å². The zero-order valence-electron chi connectivity index (χ0n) is 14.5. The monoisotopic (exact) mass is 359 g/mol. The van der Waals surface area contributed by atoms with E-state index in [9.17, 15) is 4.79 Å². The highest BCUT2D eigenvalue weighted by atomic mass is 32.1. The number of amides is 2. The summed E-state index contributed by atoms with van der Waals surface area (Å²) in [7, 11) is 1.69. The van der Waals surface area contributed by atoms with E-state index in [1.807, 2.05) is 29.6 Å². The van der Waals surface area contributed by atoms with Crippen molar-refractivity contribution >= 4 is 17.4 Å². The molecule has 1 atom stereocenters. The Morgan fingerprint density at radius 3 is 3.08 bits per heavy atom. The van der Waals surface area contributed by atoms with Gasteiger partial charge in [-0.1, -0.05) is 18.2 Å². The molecular weight excluding hydrogens is 334 g/mol. The van der Waals surface area contributed by atoms with Crippen LogP contribution in [0.25, 0.3) is 0 Å². The summed E-state index contributed by atoms with van der Waals surface area (Å²) in [6.45, 7) is 3.41. The predicted molar refractivity (Wildman–Crippen MR) is 101 cm³/mol. The lowest BCUT2D eigenvalue weighted by molar-refractivity contribution is 0.180. The Bertz CT molecular complexity index is 675. The van der Waals surface area contributed by atoms with Crippen LogP contribution in [0.4, 0.5) is 4.79 Å². The van der Waals surface area contributed by atoms with Gasteiger partial charge in [-0.15, -0.1) is 11.3 Å². The maximum Gasteiger partial charge on any atom is 0.315 e. The molecule has 25 heavy (non-hydrogen) atoms. The van der Waals surface area contributed by atoms with E-state index in [0.717, 1.165) is 38.2 Å². The van der Waals surface area contributed by atoms with Gasteiger partial charge in [0.1, 0.15) is 5.75 Å². The van der Waals surface area contributed by atoms with Crippen molar-refractivity contribution in [1.29, 1.82) is 0 Å². The van der Waals surface area contributed by atoms with Gasteiger partial charge in [-0.25, -0.2) is 4.79 Å². The first-order valence-corrected chi connectivity index (χ1v) is 9.53. The number of nitrogens with zero attached hydrogens (tertiary/aromatic N) is 1. The summed E-state index contributed by atoms with van der Waals surface area (Å²) in [6.07, 6.45) is 2.13. The molecule has 1 fully saturated rings. The van der Waals surface area contributed by atoms with Crippen LogP contribution in [0.15, 0.2) is 41.8 Å². The van der Waals surface area contributed by atoms with Gasteiger partial charge in [0.2, 0.25) is 0 Å². The molecule has 0 spiro atoms. The van der Waals surface area contributed by atoms with E-state index in [1.165, 1.54) is 10.4 Å². The Balaban J connectivity index is 1.46. The topological polar surface area (TPSA) is 53.6 Å². The third-order valence-corrected chi connectivity index (χ3v) is 5.26. The van der Waals surface area contributed by atoms with Crippen molar-refractivity contribution in [2.75, 3.05) is 20.2 Å². The number of urea groups is 1. The highest BCUT2D eigenvalue weighted by Gasteiger charge is 2.21. The van der Waals surface area contributed by atoms with Gasteiger partial charge < -0.3 is 15.4 Å². The van der Waals surface area contributed by atoms with Crippen molar-refractivity contribution in [3.63, 3.8) is 0 Å². The molecule has 134 valence electrons. The van der Waals surface area contributed by atoms with Gasteiger partial charge in [-0.2, -0.15) is 0 Å². The number of methoxy groups -OCH3 is 1. The van der Waals surface area contributed by atoms with Gasteiger partial charge >= 0.3 is 6.03 Å². The molecule has 1 aliphatic heterocycles. The lowest BCUT2D eigenvalue weighted by Gasteiger charge is -2.33. The molecule has 3 rings (SSSR count). The average Bonchev–Trinajstić information content (AvgIpc) is 3.14. The molecule has 0 aliphatic carbocycles. The lowest BCUT2D eigenvalue weighted by Crippen LogP contribution is -2.50. The van der Waals surface area contributed by atoms with Crippen LogP contribution < -0.4 is 15.4 Å². The summed E-state index contributed by atoms with van der Waals surface area (Å²) in [5, 5.41) is 8.07. The van der Waals surface area contributed by atoms with Crippen molar-refractivity contribution in [2.45, 2.75) is 32.0 Å². The summed E-state index contributed by atoms with van der Waals surface area (Å²) in [6, 6.07) is 12.3. The van der Waals surface area contributed by atoms with Gasteiger partial charge in [0.25, 0.3) is 0 Å². The quantitative estimate of drug-likeness (QED) is 0.833. The number of carbonyl (C=O) groups excluding carboxylic acids is 1. The molecule has 0 saturated carbocycles. The minimum Gasteiger partial charge on any atom is -0.497 e.